The highest BCUT2D eigenvalue weighted by Crippen LogP contribution is 2.30. The number of aromatic nitrogens is 2. The zero-order valence-electron chi connectivity index (χ0n) is 9.50. The average Bonchev–Trinajstić information content (AvgIpc) is 2.84. The Hall–Kier alpha value is -2.40. The number of rotatable bonds is 2. The molecule has 6 heteroatoms. The highest BCUT2D eigenvalue weighted by molar-refractivity contribution is 6.34. The third kappa shape index (κ3) is 2.04. The zero-order valence-corrected chi connectivity index (χ0v) is 10.3. The van der Waals surface area contributed by atoms with Gasteiger partial charge in [-0.3, -0.25) is 0 Å². The maximum atomic E-state index is 10.8. The Morgan fingerprint density at radius 1 is 1.32 bits per heavy atom. The molecule has 3 rings (SSSR count). The lowest BCUT2D eigenvalue weighted by molar-refractivity contribution is 0.0683. The SMILES string of the molecule is O=C(O)c1nccc(-c2cc3cccc(Cl)c3o2)n1. The number of hydrogen-bond donors (Lipinski definition) is 1. The highest BCUT2D eigenvalue weighted by atomic mass is 35.5. The van der Waals surface area contributed by atoms with Crippen molar-refractivity contribution >= 4 is 28.5 Å². The van der Waals surface area contributed by atoms with Crippen LogP contribution in [0, 0.1) is 0 Å². The van der Waals surface area contributed by atoms with Gasteiger partial charge in [0.05, 0.1) is 5.02 Å². The van der Waals surface area contributed by atoms with Crippen LogP contribution in [0.5, 0.6) is 0 Å². The fourth-order valence-electron chi connectivity index (χ4n) is 1.75. The fourth-order valence-corrected chi connectivity index (χ4v) is 1.97. The summed E-state index contributed by atoms with van der Waals surface area (Å²) in [6.07, 6.45) is 1.38. The van der Waals surface area contributed by atoms with Crippen LogP contribution in [0.2, 0.25) is 5.02 Å². The van der Waals surface area contributed by atoms with Crippen molar-refractivity contribution < 1.29 is 14.3 Å². The Bertz CT molecular complexity index is 782. The van der Waals surface area contributed by atoms with Gasteiger partial charge in [0, 0.05) is 11.6 Å². The quantitative estimate of drug-likeness (QED) is 0.776. The summed E-state index contributed by atoms with van der Waals surface area (Å²) in [4.78, 5) is 18.4. The van der Waals surface area contributed by atoms with Crippen molar-refractivity contribution in [2.75, 3.05) is 0 Å². The first-order valence-electron chi connectivity index (χ1n) is 5.40. The topological polar surface area (TPSA) is 76.2 Å². The summed E-state index contributed by atoms with van der Waals surface area (Å²) in [5.74, 6) is -1.01. The van der Waals surface area contributed by atoms with Crippen LogP contribution in [-0.4, -0.2) is 21.0 Å². The minimum Gasteiger partial charge on any atom is -0.475 e. The van der Waals surface area contributed by atoms with Crippen LogP contribution >= 0.6 is 11.6 Å². The minimum absolute atomic E-state index is 0.274. The van der Waals surface area contributed by atoms with Crippen LogP contribution in [0.15, 0.2) is 40.9 Å². The summed E-state index contributed by atoms with van der Waals surface area (Å²) in [5.41, 5.74) is 0.953. The number of carboxylic acids is 1. The molecule has 19 heavy (non-hydrogen) atoms. The van der Waals surface area contributed by atoms with Gasteiger partial charge < -0.3 is 9.52 Å². The van der Waals surface area contributed by atoms with E-state index in [1.54, 1.807) is 18.2 Å². The average molecular weight is 275 g/mol. The lowest BCUT2D eigenvalue weighted by Gasteiger charge is -1.96. The first-order chi connectivity index (χ1) is 9.15. The molecule has 1 N–H and O–H groups in total. The predicted octanol–water partition coefficient (Wildman–Crippen LogP) is 3.24. The molecule has 1 aromatic carbocycles. The highest BCUT2D eigenvalue weighted by Gasteiger charge is 2.13. The van der Waals surface area contributed by atoms with E-state index in [9.17, 15) is 4.79 Å². The number of halogens is 1. The molecule has 0 amide bonds. The molecule has 0 aliphatic carbocycles. The van der Waals surface area contributed by atoms with E-state index in [2.05, 4.69) is 9.97 Å². The molecule has 0 atom stereocenters. The lowest BCUT2D eigenvalue weighted by atomic mass is 10.2. The number of hydrogen-bond acceptors (Lipinski definition) is 4. The Morgan fingerprint density at radius 2 is 2.16 bits per heavy atom. The summed E-state index contributed by atoms with van der Waals surface area (Å²) >= 11 is 6.02. The maximum Gasteiger partial charge on any atom is 0.373 e. The van der Waals surface area contributed by atoms with Crippen molar-refractivity contribution in [3.63, 3.8) is 0 Å². The second kappa shape index (κ2) is 4.37. The van der Waals surface area contributed by atoms with E-state index < -0.39 is 5.97 Å². The zero-order chi connectivity index (χ0) is 13.4. The van der Waals surface area contributed by atoms with Gasteiger partial charge >= 0.3 is 5.97 Å². The smallest absolute Gasteiger partial charge is 0.373 e. The number of carboxylic acid groups (broad SMARTS) is 1. The number of nitrogens with zero attached hydrogens (tertiary/aromatic N) is 2. The monoisotopic (exact) mass is 274 g/mol. The van der Waals surface area contributed by atoms with Gasteiger partial charge in [0.2, 0.25) is 5.82 Å². The molecular weight excluding hydrogens is 268 g/mol. The molecule has 0 saturated carbocycles. The van der Waals surface area contributed by atoms with Crippen LogP contribution in [0.3, 0.4) is 0 Å². The van der Waals surface area contributed by atoms with Gasteiger partial charge in [-0.25, -0.2) is 14.8 Å². The van der Waals surface area contributed by atoms with E-state index in [1.807, 2.05) is 12.1 Å². The minimum atomic E-state index is -1.18. The van der Waals surface area contributed by atoms with Crippen molar-refractivity contribution in [2.45, 2.75) is 0 Å². The van der Waals surface area contributed by atoms with Gasteiger partial charge in [-0.1, -0.05) is 23.7 Å². The molecule has 5 nitrogen and oxygen atoms in total. The number of carbonyl (C=O) groups is 1. The van der Waals surface area contributed by atoms with Crippen LogP contribution in [-0.2, 0) is 0 Å². The van der Waals surface area contributed by atoms with E-state index >= 15 is 0 Å². The summed E-state index contributed by atoms with van der Waals surface area (Å²) in [7, 11) is 0. The van der Waals surface area contributed by atoms with E-state index in [0.29, 0.717) is 22.1 Å². The molecule has 0 aliphatic heterocycles. The van der Waals surface area contributed by atoms with E-state index in [0.717, 1.165) is 5.39 Å². The Balaban J connectivity index is 2.16. The molecule has 94 valence electrons. The number of fused-ring (bicyclic) bond motifs is 1. The van der Waals surface area contributed by atoms with Crippen molar-refractivity contribution in [3.05, 3.63) is 47.4 Å². The first kappa shape index (κ1) is 11.7. The summed E-state index contributed by atoms with van der Waals surface area (Å²) < 4.78 is 5.60. The first-order valence-corrected chi connectivity index (χ1v) is 5.78. The third-order valence-electron chi connectivity index (χ3n) is 2.60. The Morgan fingerprint density at radius 3 is 2.89 bits per heavy atom. The molecule has 2 heterocycles. The molecular formula is C13H7ClN2O3. The van der Waals surface area contributed by atoms with Crippen LogP contribution in [0.1, 0.15) is 10.6 Å². The van der Waals surface area contributed by atoms with Gasteiger partial charge in [0.15, 0.2) is 11.3 Å². The molecule has 3 aromatic rings. The summed E-state index contributed by atoms with van der Waals surface area (Å²) in [5, 5.41) is 10.2. The van der Waals surface area contributed by atoms with E-state index in [1.165, 1.54) is 6.20 Å². The second-order valence-corrected chi connectivity index (χ2v) is 4.25. The van der Waals surface area contributed by atoms with Gasteiger partial charge in [-0.05, 0) is 18.2 Å². The fraction of sp³-hybridized carbons (Fsp3) is 0. The molecule has 0 bridgehead atoms. The number of benzene rings is 1. The summed E-state index contributed by atoms with van der Waals surface area (Å²) in [6.45, 7) is 0. The largest absolute Gasteiger partial charge is 0.475 e. The van der Waals surface area contributed by atoms with Crippen LogP contribution in [0.4, 0.5) is 0 Å². The second-order valence-electron chi connectivity index (χ2n) is 3.84. The Kier molecular flexibility index (Phi) is 2.68. The molecule has 0 spiro atoms. The number of para-hydroxylation sites is 1. The lowest BCUT2D eigenvalue weighted by Crippen LogP contribution is -2.03. The van der Waals surface area contributed by atoms with Gasteiger partial charge in [-0.2, -0.15) is 0 Å². The number of furan rings is 1. The Labute approximate surface area is 112 Å². The molecule has 0 radical (unpaired) electrons. The van der Waals surface area contributed by atoms with Crippen molar-refractivity contribution in [1.29, 1.82) is 0 Å². The van der Waals surface area contributed by atoms with Crippen LogP contribution < -0.4 is 0 Å². The van der Waals surface area contributed by atoms with Crippen molar-refractivity contribution in [1.82, 2.24) is 9.97 Å². The van der Waals surface area contributed by atoms with Gasteiger partial charge in [-0.15, -0.1) is 0 Å². The summed E-state index contributed by atoms with van der Waals surface area (Å²) in [6, 6.07) is 8.73. The van der Waals surface area contributed by atoms with Crippen molar-refractivity contribution in [3.8, 4) is 11.5 Å². The van der Waals surface area contributed by atoms with E-state index in [4.69, 9.17) is 21.1 Å². The molecule has 2 aromatic heterocycles. The molecule has 0 saturated heterocycles. The predicted molar refractivity (Wildman–Crippen MR) is 69.2 cm³/mol. The number of aromatic carboxylic acids is 1. The van der Waals surface area contributed by atoms with Gasteiger partial charge in [0.25, 0.3) is 0 Å². The molecule has 0 aliphatic rings. The maximum absolute atomic E-state index is 10.8. The van der Waals surface area contributed by atoms with Crippen molar-refractivity contribution in [2.24, 2.45) is 0 Å². The standard InChI is InChI=1S/C13H7ClN2O3/c14-8-3-1-2-7-6-10(19-11(7)8)9-4-5-15-12(16-9)13(17)18/h1-6H,(H,17,18). The van der Waals surface area contributed by atoms with Crippen LogP contribution in [0.25, 0.3) is 22.4 Å². The molecule has 0 unspecified atom stereocenters. The third-order valence-corrected chi connectivity index (χ3v) is 2.89. The van der Waals surface area contributed by atoms with Gasteiger partial charge in [0.1, 0.15) is 5.69 Å². The molecule has 0 fully saturated rings. The normalized spacial score (nSPS) is 10.8. The van der Waals surface area contributed by atoms with E-state index in [-0.39, 0.29) is 5.82 Å².